The van der Waals surface area contributed by atoms with Crippen LogP contribution in [0.1, 0.15) is 44.0 Å². The van der Waals surface area contributed by atoms with Gasteiger partial charge in [-0.2, -0.15) is 17.4 Å². The van der Waals surface area contributed by atoms with Crippen LogP contribution in [0.15, 0.2) is 12.1 Å². The average Bonchev–Trinajstić information content (AvgIpc) is 2.70. The quantitative estimate of drug-likeness (QED) is 0.593. The van der Waals surface area contributed by atoms with Crippen molar-refractivity contribution in [1.29, 1.82) is 0 Å². The maximum atomic E-state index is 13.1. The summed E-state index contributed by atoms with van der Waals surface area (Å²) in [6.45, 7) is 7.83. The Bertz CT molecular complexity index is 793. The van der Waals surface area contributed by atoms with Crippen LogP contribution >= 0.6 is 0 Å². The van der Waals surface area contributed by atoms with Crippen molar-refractivity contribution in [2.45, 2.75) is 39.7 Å². The smallest absolute Gasteiger partial charge is 0.279 e. The molecule has 1 heterocycles. The number of carbonyl (C=O) groups is 1. The lowest BCUT2D eigenvalue weighted by Gasteiger charge is -2.33. The first-order chi connectivity index (χ1) is 14.2. The Balaban J connectivity index is 2.17. The molecule has 170 valence electrons. The molecule has 2 rings (SSSR count). The van der Waals surface area contributed by atoms with Crippen molar-refractivity contribution in [3.05, 3.63) is 17.7 Å². The van der Waals surface area contributed by atoms with Gasteiger partial charge in [-0.1, -0.05) is 0 Å². The molecule has 0 aromatic heterocycles. The van der Waals surface area contributed by atoms with Crippen molar-refractivity contribution in [2.75, 3.05) is 47.0 Å². The molecule has 1 saturated heterocycles. The fourth-order valence-corrected chi connectivity index (χ4v) is 4.08. The Morgan fingerprint density at radius 1 is 1.03 bits per heavy atom. The van der Waals surface area contributed by atoms with Gasteiger partial charge in [0.15, 0.2) is 11.5 Å². The van der Waals surface area contributed by atoms with Gasteiger partial charge in [-0.3, -0.25) is 4.79 Å². The van der Waals surface area contributed by atoms with E-state index in [1.54, 1.807) is 17.0 Å². The monoisotopic (exact) mass is 443 g/mol. The second-order valence-corrected chi connectivity index (χ2v) is 8.99. The minimum atomic E-state index is -3.49. The van der Waals surface area contributed by atoms with Gasteiger partial charge in [-0.05, 0) is 45.7 Å². The van der Waals surface area contributed by atoms with E-state index in [1.807, 2.05) is 20.8 Å². The molecular weight excluding hydrogens is 410 g/mol. The van der Waals surface area contributed by atoms with Gasteiger partial charge in [0, 0.05) is 38.8 Å². The molecule has 0 unspecified atom stereocenters. The number of hydrogen-bond acceptors (Lipinski definition) is 6. The summed E-state index contributed by atoms with van der Waals surface area (Å²) in [6.07, 6.45) is 1.10. The maximum Gasteiger partial charge on any atom is 0.279 e. The summed E-state index contributed by atoms with van der Waals surface area (Å²) in [5.41, 5.74) is 0.456. The molecule has 1 amide bonds. The zero-order valence-corrected chi connectivity index (χ0v) is 19.3. The zero-order chi connectivity index (χ0) is 22.3. The number of amides is 1. The first-order valence-electron chi connectivity index (χ1n) is 10.3. The van der Waals surface area contributed by atoms with E-state index in [-0.39, 0.29) is 11.9 Å². The van der Waals surface area contributed by atoms with E-state index < -0.39 is 10.2 Å². The van der Waals surface area contributed by atoms with Crippen molar-refractivity contribution in [1.82, 2.24) is 13.9 Å². The van der Waals surface area contributed by atoms with E-state index in [2.05, 4.69) is 4.72 Å². The number of nitrogens with zero attached hydrogens (tertiary/aromatic N) is 2. The van der Waals surface area contributed by atoms with Gasteiger partial charge in [-0.15, -0.1) is 0 Å². The summed E-state index contributed by atoms with van der Waals surface area (Å²) in [7, 11) is -0.519. The number of piperidine rings is 1. The van der Waals surface area contributed by atoms with E-state index in [1.165, 1.54) is 14.1 Å². The topological polar surface area (TPSA) is 97.4 Å². The standard InChI is InChI=1S/C20H33N3O6S/c1-6-27-17-13-15(14-18(28-7-2)19(17)29-8-3)20(24)23-11-9-16(10-12-23)21-30(25,26)22(4)5/h13-14,16,21H,6-12H2,1-5H3. The number of carbonyl (C=O) groups excluding carboxylic acids is 1. The van der Waals surface area contributed by atoms with E-state index in [9.17, 15) is 13.2 Å². The third-order valence-corrected chi connectivity index (χ3v) is 6.33. The molecule has 1 fully saturated rings. The van der Waals surface area contributed by atoms with Gasteiger partial charge in [0.25, 0.3) is 16.1 Å². The zero-order valence-electron chi connectivity index (χ0n) is 18.4. The number of nitrogens with one attached hydrogen (secondary N) is 1. The highest BCUT2D eigenvalue weighted by atomic mass is 32.2. The van der Waals surface area contributed by atoms with Crippen LogP contribution in [0.2, 0.25) is 0 Å². The van der Waals surface area contributed by atoms with E-state index in [4.69, 9.17) is 14.2 Å². The highest BCUT2D eigenvalue weighted by Crippen LogP contribution is 2.39. The number of rotatable bonds is 10. The second-order valence-electron chi connectivity index (χ2n) is 7.07. The van der Waals surface area contributed by atoms with Gasteiger partial charge in [0.05, 0.1) is 19.8 Å². The fraction of sp³-hybridized carbons (Fsp3) is 0.650. The fourth-order valence-electron chi connectivity index (χ4n) is 3.21. The molecule has 0 aliphatic carbocycles. The summed E-state index contributed by atoms with van der Waals surface area (Å²) in [5, 5.41) is 0. The van der Waals surface area contributed by atoms with Gasteiger partial charge in [0.1, 0.15) is 0 Å². The molecule has 1 aromatic rings. The van der Waals surface area contributed by atoms with Crippen molar-refractivity contribution in [3.63, 3.8) is 0 Å². The Hall–Kier alpha value is -2.04. The Morgan fingerprint density at radius 3 is 1.97 bits per heavy atom. The molecule has 0 bridgehead atoms. The summed E-state index contributed by atoms with van der Waals surface area (Å²) >= 11 is 0. The van der Waals surface area contributed by atoms with Crippen LogP contribution in [-0.4, -0.2) is 76.6 Å². The second kappa shape index (κ2) is 10.8. The van der Waals surface area contributed by atoms with E-state index >= 15 is 0 Å². The lowest BCUT2D eigenvalue weighted by Crippen LogP contribution is -2.49. The normalized spacial score (nSPS) is 15.3. The Morgan fingerprint density at radius 2 is 1.53 bits per heavy atom. The summed E-state index contributed by atoms with van der Waals surface area (Å²) in [5.74, 6) is 1.30. The number of benzene rings is 1. The molecule has 1 N–H and O–H groups in total. The molecule has 1 aromatic carbocycles. The van der Waals surface area contributed by atoms with Crippen molar-refractivity contribution in [2.24, 2.45) is 0 Å². The molecule has 1 aliphatic heterocycles. The van der Waals surface area contributed by atoms with Crippen molar-refractivity contribution >= 4 is 16.1 Å². The maximum absolute atomic E-state index is 13.1. The minimum absolute atomic E-state index is 0.145. The van der Waals surface area contributed by atoms with Crippen LogP contribution in [0.3, 0.4) is 0 Å². The van der Waals surface area contributed by atoms with Crippen LogP contribution in [0.4, 0.5) is 0 Å². The lowest BCUT2D eigenvalue weighted by atomic mass is 10.0. The highest BCUT2D eigenvalue weighted by Gasteiger charge is 2.28. The molecule has 10 heteroatoms. The van der Waals surface area contributed by atoms with E-state index in [0.29, 0.717) is 68.6 Å². The predicted octanol–water partition coefficient (Wildman–Crippen LogP) is 1.88. The van der Waals surface area contributed by atoms with Crippen LogP contribution in [0.25, 0.3) is 0 Å². The van der Waals surface area contributed by atoms with E-state index in [0.717, 1.165) is 4.31 Å². The minimum Gasteiger partial charge on any atom is -0.490 e. The summed E-state index contributed by atoms with van der Waals surface area (Å²) in [6, 6.07) is 3.17. The number of likely N-dealkylation sites (tertiary alicyclic amines) is 1. The van der Waals surface area contributed by atoms with Gasteiger partial charge in [0.2, 0.25) is 5.75 Å². The summed E-state index contributed by atoms with van der Waals surface area (Å²) in [4.78, 5) is 14.8. The van der Waals surface area contributed by atoms with Gasteiger partial charge in [-0.25, -0.2) is 0 Å². The molecular formula is C20H33N3O6S. The molecule has 0 saturated carbocycles. The molecule has 30 heavy (non-hydrogen) atoms. The van der Waals surface area contributed by atoms with Crippen molar-refractivity contribution < 1.29 is 27.4 Å². The summed E-state index contributed by atoms with van der Waals surface area (Å²) < 4.78 is 44.9. The van der Waals surface area contributed by atoms with Crippen LogP contribution in [0, 0.1) is 0 Å². The van der Waals surface area contributed by atoms with Crippen LogP contribution in [0.5, 0.6) is 17.2 Å². The highest BCUT2D eigenvalue weighted by molar-refractivity contribution is 7.87. The molecule has 0 spiro atoms. The predicted molar refractivity (Wildman–Crippen MR) is 115 cm³/mol. The molecule has 9 nitrogen and oxygen atoms in total. The number of hydrogen-bond donors (Lipinski definition) is 1. The lowest BCUT2D eigenvalue weighted by molar-refractivity contribution is 0.0710. The molecule has 0 atom stereocenters. The van der Waals surface area contributed by atoms with Gasteiger partial charge < -0.3 is 19.1 Å². The SMILES string of the molecule is CCOc1cc(C(=O)N2CCC(NS(=O)(=O)N(C)C)CC2)cc(OCC)c1OCC. The third kappa shape index (κ3) is 5.99. The first kappa shape index (κ1) is 24.2. The molecule has 1 aliphatic rings. The van der Waals surface area contributed by atoms with Crippen LogP contribution in [-0.2, 0) is 10.2 Å². The van der Waals surface area contributed by atoms with Crippen LogP contribution < -0.4 is 18.9 Å². The third-order valence-electron chi connectivity index (χ3n) is 4.73. The van der Waals surface area contributed by atoms with Gasteiger partial charge >= 0.3 is 0 Å². The average molecular weight is 444 g/mol. The Labute approximate surface area is 179 Å². The largest absolute Gasteiger partial charge is 0.490 e. The van der Waals surface area contributed by atoms with Crippen molar-refractivity contribution in [3.8, 4) is 17.2 Å². The molecule has 0 radical (unpaired) electrons. The Kier molecular flexibility index (Phi) is 8.75. The number of ether oxygens (including phenoxy) is 3. The first-order valence-corrected chi connectivity index (χ1v) is 11.7.